The van der Waals surface area contributed by atoms with Crippen molar-refractivity contribution in [3.63, 3.8) is 0 Å². The van der Waals surface area contributed by atoms with Crippen LogP contribution in [0.4, 0.5) is 0 Å². The van der Waals surface area contributed by atoms with E-state index in [1.807, 2.05) is 48.5 Å². The third-order valence-corrected chi connectivity index (χ3v) is 6.01. The number of nitrogens with zero attached hydrogens (tertiary/aromatic N) is 3. The van der Waals surface area contributed by atoms with Gasteiger partial charge in [-0.15, -0.1) is 11.3 Å². The van der Waals surface area contributed by atoms with E-state index in [1.165, 1.54) is 4.57 Å². The molecule has 0 aliphatic rings. The van der Waals surface area contributed by atoms with Crippen LogP contribution in [0.2, 0.25) is 0 Å². The molecule has 7 heteroatoms. The number of hydrogen-bond donors (Lipinski definition) is 1. The van der Waals surface area contributed by atoms with Crippen molar-refractivity contribution in [1.82, 2.24) is 14.9 Å². The smallest absolute Gasteiger partial charge is 0.273 e. The third kappa shape index (κ3) is 5.14. The summed E-state index contributed by atoms with van der Waals surface area (Å²) in [4.78, 5) is 30.3. The van der Waals surface area contributed by atoms with Crippen LogP contribution in [-0.2, 0) is 11.2 Å². The average molecular weight is 453 g/mol. The Morgan fingerprint density at radius 1 is 1.06 bits per heavy atom. The first kappa shape index (κ1) is 21.9. The zero-order valence-electron chi connectivity index (χ0n) is 17.6. The van der Waals surface area contributed by atoms with Gasteiger partial charge in [-0.1, -0.05) is 54.6 Å². The van der Waals surface area contributed by atoms with Crippen molar-refractivity contribution >= 4 is 28.9 Å². The van der Waals surface area contributed by atoms with Crippen molar-refractivity contribution in [2.75, 3.05) is 6.54 Å². The van der Waals surface area contributed by atoms with Gasteiger partial charge in [0.2, 0.25) is 0 Å². The highest BCUT2D eigenvalue weighted by atomic mass is 32.1. The molecule has 0 unspecified atom stereocenters. The first-order valence-corrected chi connectivity index (χ1v) is 11.1. The topological polar surface area (TPSA) is 87.8 Å². The number of hydrogen-bond acceptors (Lipinski definition) is 5. The summed E-state index contributed by atoms with van der Waals surface area (Å²) >= 11 is 1.11. The van der Waals surface area contributed by atoms with Gasteiger partial charge in [0.1, 0.15) is 10.7 Å². The molecule has 2 aromatic heterocycles. The highest BCUT2D eigenvalue weighted by Gasteiger charge is 2.16. The summed E-state index contributed by atoms with van der Waals surface area (Å²) in [5.41, 5.74) is 2.04. The maximum atomic E-state index is 13.3. The van der Waals surface area contributed by atoms with Gasteiger partial charge in [0, 0.05) is 18.9 Å². The van der Waals surface area contributed by atoms with Gasteiger partial charge in [0.15, 0.2) is 5.57 Å². The molecular weight excluding hydrogens is 432 g/mol. The normalized spacial score (nSPS) is 12.2. The molecule has 33 heavy (non-hydrogen) atoms. The SMILES string of the molecule is N#CC(C(=O)NCCc1ccccc1)=c1sc(=Cc2cccnc2)c(=O)n1-c1ccccc1. The monoisotopic (exact) mass is 452 g/mol. The molecule has 4 rings (SSSR count). The Morgan fingerprint density at radius 2 is 1.79 bits per heavy atom. The molecule has 0 bridgehead atoms. The minimum absolute atomic E-state index is 0.0974. The zero-order chi connectivity index (χ0) is 23.0. The van der Waals surface area contributed by atoms with Crippen LogP contribution >= 0.6 is 11.3 Å². The predicted octanol–water partition coefficient (Wildman–Crippen LogP) is 2.16. The molecule has 0 aliphatic heterocycles. The summed E-state index contributed by atoms with van der Waals surface area (Å²) in [5, 5.41) is 12.7. The minimum Gasteiger partial charge on any atom is -0.351 e. The van der Waals surface area contributed by atoms with Crippen LogP contribution in [-0.4, -0.2) is 22.0 Å². The first-order valence-electron chi connectivity index (χ1n) is 10.3. The van der Waals surface area contributed by atoms with Gasteiger partial charge in [-0.2, -0.15) is 5.26 Å². The van der Waals surface area contributed by atoms with E-state index in [2.05, 4.69) is 10.3 Å². The fraction of sp³-hybridized carbons (Fsp3) is 0.0769. The molecule has 1 N–H and O–H groups in total. The lowest BCUT2D eigenvalue weighted by atomic mass is 10.1. The van der Waals surface area contributed by atoms with Crippen LogP contribution in [0.25, 0.3) is 17.3 Å². The lowest BCUT2D eigenvalue weighted by Crippen LogP contribution is -2.34. The number of nitriles is 1. The molecule has 4 aromatic rings. The van der Waals surface area contributed by atoms with Crippen LogP contribution in [0.3, 0.4) is 0 Å². The van der Waals surface area contributed by atoms with Gasteiger partial charge in [0.05, 0.1) is 10.2 Å². The van der Waals surface area contributed by atoms with Crippen LogP contribution < -0.4 is 20.1 Å². The number of para-hydroxylation sites is 1. The van der Waals surface area contributed by atoms with E-state index in [9.17, 15) is 14.9 Å². The Kier molecular flexibility index (Phi) is 6.88. The molecule has 162 valence electrons. The molecule has 6 nitrogen and oxygen atoms in total. The molecule has 2 aromatic carbocycles. The van der Waals surface area contributed by atoms with Crippen LogP contribution in [0.5, 0.6) is 0 Å². The number of aromatic nitrogens is 2. The van der Waals surface area contributed by atoms with Crippen molar-refractivity contribution in [3.8, 4) is 11.8 Å². The number of nitrogens with one attached hydrogen (secondary N) is 1. The molecule has 0 saturated heterocycles. The summed E-state index contributed by atoms with van der Waals surface area (Å²) in [6, 6.07) is 24.4. The van der Waals surface area contributed by atoms with Gasteiger partial charge in [0.25, 0.3) is 11.5 Å². The van der Waals surface area contributed by atoms with Crippen molar-refractivity contribution < 1.29 is 4.79 Å². The number of benzene rings is 2. The Bertz CT molecular complexity index is 1470. The number of amides is 1. The molecule has 0 atom stereocenters. The Hall–Kier alpha value is -4.28. The summed E-state index contributed by atoms with van der Waals surface area (Å²) in [5.74, 6) is -0.507. The zero-order valence-corrected chi connectivity index (χ0v) is 18.5. The van der Waals surface area contributed by atoms with E-state index in [-0.39, 0.29) is 11.1 Å². The number of thiazole rings is 1. The second-order valence-corrected chi connectivity index (χ2v) is 8.19. The number of carbonyl (C=O) groups is 1. The maximum Gasteiger partial charge on any atom is 0.273 e. The van der Waals surface area contributed by atoms with Gasteiger partial charge in [-0.25, -0.2) is 0 Å². The quantitative estimate of drug-likeness (QED) is 0.486. The molecule has 0 saturated carbocycles. The van der Waals surface area contributed by atoms with Crippen molar-refractivity contribution in [2.24, 2.45) is 0 Å². The molecular formula is C26H20N4O2S. The van der Waals surface area contributed by atoms with Crippen molar-refractivity contribution in [2.45, 2.75) is 6.42 Å². The highest BCUT2D eigenvalue weighted by Crippen LogP contribution is 2.04. The van der Waals surface area contributed by atoms with Gasteiger partial charge in [-0.3, -0.25) is 19.1 Å². The summed E-state index contributed by atoms with van der Waals surface area (Å²) in [7, 11) is 0. The minimum atomic E-state index is -0.507. The van der Waals surface area contributed by atoms with E-state index >= 15 is 0 Å². The largest absolute Gasteiger partial charge is 0.351 e. The number of rotatable bonds is 6. The predicted molar refractivity (Wildman–Crippen MR) is 129 cm³/mol. The molecule has 0 spiro atoms. The molecule has 0 radical (unpaired) electrons. The van der Waals surface area contributed by atoms with Crippen LogP contribution in [0.1, 0.15) is 11.1 Å². The molecule has 1 amide bonds. The average Bonchev–Trinajstić information content (AvgIpc) is 3.16. The van der Waals surface area contributed by atoms with E-state index < -0.39 is 5.91 Å². The lowest BCUT2D eigenvalue weighted by Gasteiger charge is -2.06. The fourth-order valence-electron chi connectivity index (χ4n) is 3.32. The van der Waals surface area contributed by atoms with Crippen molar-refractivity contribution in [3.05, 3.63) is 116 Å². The Balaban J connectivity index is 1.79. The number of carbonyl (C=O) groups excluding carboxylic acids is 1. The molecule has 0 aliphatic carbocycles. The van der Waals surface area contributed by atoms with Gasteiger partial charge >= 0.3 is 0 Å². The third-order valence-electron chi connectivity index (χ3n) is 4.91. The highest BCUT2D eigenvalue weighted by molar-refractivity contribution is 7.07. The lowest BCUT2D eigenvalue weighted by molar-refractivity contribution is -0.115. The maximum absolute atomic E-state index is 13.3. The summed E-state index contributed by atoms with van der Waals surface area (Å²) < 4.78 is 2.12. The van der Waals surface area contributed by atoms with Gasteiger partial charge in [-0.05, 0) is 41.8 Å². The van der Waals surface area contributed by atoms with Crippen LogP contribution in [0.15, 0.2) is 90.0 Å². The van der Waals surface area contributed by atoms with E-state index in [0.29, 0.717) is 27.8 Å². The standard InChI is InChI=1S/C26H20N4O2S/c27-17-22(24(31)29-15-13-19-8-3-1-4-9-19)26-30(21-11-5-2-6-12-21)25(32)23(33-26)16-20-10-7-14-28-18-20/h1-12,14,16,18H,13,15H2,(H,29,31). The second kappa shape index (κ2) is 10.4. The van der Waals surface area contributed by atoms with Gasteiger partial charge < -0.3 is 5.32 Å². The van der Waals surface area contributed by atoms with E-state index in [4.69, 9.17) is 0 Å². The van der Waals surface area contributed by atoms with E-state index in [1.54, 1.807) is 48.8 Å². The first-order chi connectivity index (χ1) is 16.2. The fourth-order valence-corrected chi connectivity index (χ4v) is 4.43. The Morgan fingerprint density at radius 3 is 2.45 bits per heavy atom. The Labute approximate surface area is 194 Å². The van der Waals surface area contributed by atoms with Crippen LogP contribution in [0, 0.1) is 11.3 Å². The number of pyridine rings is 1. The second-order valence-electron chi connectivity index (χ2n) is 7.16. The summed E-state index contributed by atoms with van der Waals surface area (Å²) in [6.07, 6.45) is 5.66. The van der Waals surface area contributed by atoms with Crippen molar-refractivity contribution in [1.29, 1.82) is 5.26 Å². The molecule has 0 fully saturated rings. The van der Waals surface area contributed by atoms with E-state index in [0.717, 1.165) is 22.5 Å². The molecule has 2 heterocycles. The summed E-state index contributed by atoms with van der Waals surface area (Å²) in [6.45, 7) is 0.379.